The van der Waals surface area contributed by atoms with Crippen LogP contribution in [0.4, 0.5) is 0 Å². The molecule has 0 spiro atoms. The van der Waals surface area contributed by atoms with Crippen LogP contribution in [-0.2, 0) is 17.6 Å². The molecule has 0 heterocycles. The summed E-state index contributed by atoms with van der Waals surface area (Å²) in [4.78, 5) is 10.5. The lowest BCUT2D eigenvalue weighted by molar-refractivity contribution is -0.139. The fourth-order valence-corrected chi connectivity index (χ4v) is 2.58. The number of aliphatic carboxylic acids is 1. The number of phenols is 1. The van der Waals surface area contributed by atoms with Gasteiger partial charge >= 0.3 is 5.97 Å². The molecule has 0 aliphatic carbocycles. The largest absolute Gasteiger partial charge is 0.504 e. The number of benzene rings is 2. The van der Waals surface area contributed by atoms with E-state index in [1.807, 2.05) is 24.3 Å². The number of methoxy groups -OCH3 is 2. The Morgan fingerprint density at radius 1 is 1.04 bits per heavy atom. The minimum atomic E-state index is -1.00. The highest BCUT2D eigenvalue weighted by Crippen LogP contribution is 2.37. The van der Waals surface area contributed by atoms with Gasteiger partial charge in [0.1, 0.15) is 5.75 Å². The third-order valence-electron chi connectivity index (χ3n) is 3.71. The third-order valence-corrected chi connectivity index (χ3v) is 3.71. The van der Waals surface area contributed by atoms with Crippen LogP contribution in [0.2, 0.25) is 0 Å². The van der Waals surface area contributed by atoms with Crippen molar-refractivity contribution in [3.63, 3.8) is 0 Å². The summed E-state index contributed by atoms with van der Waals surface area (Å²) in [6.07, 6.45) is 2.42. The van der Waals surface area contributed by atoms with Crippen LogP contribution in [0, 0.1) is 0 Å². The highest BCUT2D eigenvalue weighted by molar-refractivity contribution is 5.68. The van der Waals surface area contributed by atoms with Crippen molar-refractivity contribution in [3.05, 3.63) is 47.5 Å². The van der Waals surface area contributed by atoms with Crippen molar-refractivity contribution in [2.45, 2.75) is 19.3 Å². The van der Waals surface area contributed by atoms with Gasteiger partial charge in [-0.2, -0.15) is 0 Å². The van der Waals surface area contributed by atoms with E-state index < -0.39 is 5.97 Å². The zero-order chi connectivity index (χ0) is 18.2. The standard InChI is InChI=1S/C19H22O6/c1-23-17-11-14(10-16(20)19(17)24-2)7-3-5-13-6-4-8-15(9-13)25-12-18(21)22/h4,6,8-11,20H,3,5,7,12H2,1-2H3,(H,21,22). The first-order valence-electron chi connectivity index (χ1n) is 7.91. The Bertz CT molecular complexity index is 726. The minimum Gasteiger partial charge on any atom is -0.504 e. The molecule has 134 valence electrons. The Hall–Kier alpha value is -2.89. The molecule has 25 heavy (non-hydrogen) atoms. The normalized spacial score (nSPS) is 10.3. The van der Waals surface area contributed by atoms with Crippen molar-refractivity contribution < 1.29 is 29.2 Å². The van der Waals surface area contributed by atoms with Crippen molar-refractivity contribution in [3.8, 4) is 23.0 Å². The van der Waals surface area contributed by atoms with Crippen LogP contribution in [0.25, 0.3) is 0 Å². The molecular weight excluding hydrogens is 324 g/mol. The Morgan fingerprint density at radius 2 is 1.80 bits per heavy atom. The van der Waals surface area contributed by atoms with E-state index in [2.05, 4.69) is 0 Å². The molecule has 0 unspecified atom stereocenters. The van der Waals surface area contributed by atoms with Gasteiger partial charge in [-0.1, -0.05) is 12.1 Å². The molecule has 6 nitrogen and oxygen atoms in total. The van der Waals surface area contributed by atoms with Crippen molar-refractivity contribution in [1.29, 1.82) is 0 Å². The van der Waals surface area contributed by atoms with Gasteiger partial charge in [0.05, 0.1) is 14.2 Å². The predicted octanol–water partition coefficient (Wildman–Crippen LogP) is 3.05. The number of ether oxygens (including phenoxy) is 3. The van der Waals surface area contributed by atoms with Crippen LogP contribution in [0.5, 0.6) is 23.0 Å². The zero-order valence-corrected chi connectivity index (χ0v) is 14.3. The first kappa shape index (κ1) is 18.4. The molecule has 0 radical (unpaired) electrons. The fourth-order valence-electron chi connectivity index (χ4n) is 2.58. The van der Waals surface area contributed by atoms with Crippen molar-refractivity contribution in [2.75, 3.05) is 20.8 Å². The van der Waals surface area contributed by atoms with Crippen molar-refractivity contribution in [2.24, 2.45) is 0 Å². The lowest BCUT2D eigenvalue weighted by atomic mass is 10.0. The van der Waals surface area contributed by atoms with E-state index in [0.717, 1.165) is 30.4 Å². The molecule has 0 aliphatic heterocycles. The lowest BCUT2D eigenvalue weighted by Gasteiger charge is -2.12. The average Bonchev–Trinajstić information content (AvgIpc) is 2.60. The molecule has 6 heteroatoms. The lowest BCUT2D eigenvalue weighted by Crippen LogP contribution is -2.09. The van der Waals surface area contributed by atoms with Gasteiger partial charge in [0.25, 0.3) is 0 Å². The van der Waals surface area contributed by atoms with Crippen LogP contribution in [0.1, 0.15) is 17.5 Å². The molecule has 0 amide bonds. The summed E-state index contributed by atoms with van der Waals surface area (Å²) >= 11 is 0. The van der Waals surface area contributed by atoms with Gasteiger partial charge in [-0.05, 0) is 54.7 Å². The minimum absolute atomic E-state index is 0.0564. The summed E-state index contributed by atoms with van der Waals surface area (Å²) in [6.45, 7) is -0.353. The molecule has 2 N–H and O–H groups in total. The Kier molecular flexibility index (Phi) is 6.51. The van der Waals surface area contributed by atoms with Gasteiger partial charge in [0.15, 0.2) is 18.1 Å². The van der Waals surface area contributed by atoms with E-state index in [0.29, 0.717) is 17.2 Å². The van der Waals surface area contributed by atoms with Crippen molar-refractivity contribution >= 4 is 5.97 Å². The summed E-state index contributed by atoms with van der Waals surface area (Å²) in [7, 11) is 3.01. The number of aromatic hydroxyl groups is 1. The SMILES string of the molecule is COc1cc(CCCc2cccc(OCC(=O)O)c2)cc(O)c1OC. The molecule has 2 aromatic rings. The van der Waals surface area contributed by atoms with Gasteiger partial charge in [-0.3, -0.25) is 0 Å². The quantitative estimate of drug-likeness (QED) is 0.726. The van der Waals surface area contributed by atoms with Gasteiger partial charge in [0.2, 0.25) is 5.75 Å². The summed E-state index contributed by atoms with van der Waals surface area (Å²) in [5.41, 5.74) is 2.01. The number of hydrogen-bond donors (Lipinski definition) is 2. The topological polar surface area (TPSA) is 85.2 Å². The molecular formula is C19H22O6. The molecule has 0 saturated heterocycles. The first-order chi connectivity index (χ1) is 12.0. The second-order valence-electron chi connectivity index (χ2n) is 5.53. The highest BCUT2D eigenvalue weighted by atomic mass is 16.5. The molecule has 0 aliphatic rings. The van der Waals surface area contributed by atoms with Crippen LogP contribution in [-0.4, -0.2) is 37.0 Å². The van der Waals surface area contributed by atoms with Crippen molar-refractivity contribution in [1.82, 2.24) is 0 Å². The number of rotatable bonds is 9. The van der Waals surface area contributed by atoms with E-state index in [-0.39, 0.29) is 12.4 Å². The van der Waals surface area contributed by atoms with Crippen LogP contribution in [0.3, 0.4) is 0 Å². The van der Waals surface area contributed by atoms with Gasteiger partial charge in [0, 0.05) is 0 Å². The molecule has 0 bridgehead atoms. The molecule has 0 aromatic heterocycles. The van der Waals surface area contributed by atoms with Crippen LogP contribution < -0.4 is 14.2 Å². The van der Waals surface area contributed by atoms with E-state index in [4.69, 9.17) is 19.3 Å². The Balaban J connectivity index is 1.95. The summed E-state index contributed by atoms with van der Waals surface area (Å²) in [5.74, 6) is 0.430. The van der Waals surface area contributed by atoms with Gasteiger partial charge < -0.3 is 24.4 Å². The fraction of sp³-hybridized carbons (Fsp3) is 0.316. The third kappa shape index (κ3) is 5.31. The molecule has 2 rings (SSSR count). The maximum absolute atomic E-state index is 10.5. The number of carbonyl (C=O) groups is 1. The molecule has 2 aromatic carbocycles. The van der Waals surface area contributed by atoms with Crippen LogP contribution >= 0.6 is 0 Å². The van der Waals surface area contributed by atoms with Crippen LogP contribution in [0.15, 0.2) is 36.4 Å². The molecule has 0 atom stereocenters. The molecule has 0 fully saturated rings. The van der Waals surface area contributed by atoms with E-state index >= 15 is 0 Å². The smallest absolute Gasteiger partial charge is 0.341 e. The second kappa shape index (κ2) is 8.82. The summed E-state index contributed by atoms with van der Waals surface area (Å²) in [6, 6.07) is 10.9. The van der Waals surface area contributed by atoms with E-state index in [1.165, 1.54) is 14.2 Å². The first-order valence-corrected chi connectivity index (χ1v) is 7.91. The highest BCUT2D eigenvalue weighted by Gasteiger charge is 2.11. The van der Waals surface area contributed by atoms with Gasteiger partial charge in [-0.15, -0.1) is 0 Å². The average molecular weight is 346 g/mol. The van der Waals surface area contributed by atoms with Gasteiger partial charge in [-0.25, -0.2) is 4.79 Å². The number of aryl methyl sites for hydroxylation is 2. The summed E-state index contributed by atoms with van der Waals surface area (Å²) < 4.78 is 15.5. The Labute approximate surface area is 146 Å². The predicted molar refractivity (Wildman–Crippen MR) is 92.8 cm³/mol. The second-order valence-corrected chi connectivity index (χ2v) is 5.53. The number of phenolic OH excluding ortho intramolecular Hbond substituents is 1. The number of carboxylic acids is 1. The number of carboxylic acid groups (broad SMARTS) is 1. The maximum Gasteiger partial charge on any atom is 0.341 e. The molecule has 0 saturated carbocycles. The summed E-state index contributed by atoms with van der Waals surface area (Å²) in [5, 5.41) is 18.6. The Morgan fingerprint density at radius 3 is 2.48 bits per heavy atom. The monoisotopic (exact) mass is 346 g/mol. The van der Waals surface area contributed by atoms with E-state index in [9.17, 15) is 9.90 Å². The maximum atomic E-state index is 10.5. The number of hydrogen-bond acceptors (Lipinski definition) is 5. The van der Waals surface area contributed by atoms with E-state index in [1.54, 1.807) is 12.1 Å². The zero-order valence-electron chi connectivity index (χ0n) is 14.3.